The Hall–Kier alpha value is -3.00. The van der Waals surface area contributed by atoms with Gasteiger partial charge in [-0.15, -0.1) is 12.6 Å². The van der Waals surface area contributed by atoms with Gasteiger partial charge in [0.25, 0.3) is 0 Å². The third-order valence-electron chi connectivity index (χ3n) is 4.12. The van der Waals surface area contributed by atoms with Crippen LogP contribution in [0.2, 0.25) is 0 Å². The molecule has 0 spiro atoms. The summed E-state index contributed by atoms with van der Waals surface area (Å²) >= 11 is 4.30. The number of rotatable bonds is 6. The van der Waals surface area contributed by atoms with Crippen LogP contribution in [0.1, 0.15) is 20.7 Å². The van der Waals surface area contributed by atoms with Crippen LogP contribution in [0.25, 0.3) is 10.4 Å². The maximum absolute atomic E-state index is 12.5. The summed E-state index contributed by atoms with van der Waals surface area (Å²) in [6.07, 6.45) is -2.74. The van der Waals surface area contributed by atoms with Crippen molar-refractivity contribution in [2.75, 3.05) is 6.54 Å². The number of azide groups is 1. The third kappa shape index (κ3) is 4.64. The molecule has 1 unspecified atom stereocenters. The highest BCUT2D eigenvalue weighted by molar-refractivity contribution is 7.80. The van der Waals surface area contributed by atoms with Crippen LogP contribution in [0.5, 0.6) is 0 Å². The number of nitrogens with zero attached hydrogens (tertiary/aromatic N) is 3. The van der Waals surface area contributed by atoms with Crippen molar-refractivity contribution in [3.05, 3.63) is 82.2 Å². The molecule has 0 aliphatic carbocycles. The lowest BCUT2D eigenvalue weighted by molar-refractivity contribution is -0.0279. The van der Waals surface area contributed by atoms with E-state index in [0.717, 1.165) is 0 Å². The van der Waals surface area contributed by atoms with Crippen molar-refractivity contribution in [2.24, 2.45) is 5.11 Å². The maximum atomic E-state index is 12.5. The molecule has 2 aromatic carbocycles. The molecule has 28 heavy (non-hydrogen) atoms. The standard InChI is InChI=1S/C19H17N3O5S/c20-22-21-11-14-15(26-17(23)12-7-3-1-4-8-12)16(19(28)25-14)27-18(24)13-9-5-2-6-10-13/h1-10,14-16,19,28H,11H2/t14-,15?,16+,19+/m1/s1. The zero-order chi connectivity index (χ0) is 19.9. The van der Waals surface area contributed by atoms with Crippen LogP contribution >= 0.6 is 12.6 Å². The van der Waals surface area contributed by atoms with E-state index in [1.165, 1.54) is 0 Å². The summed E-state index contributed by atoms with van der Waals surface area (Å²) < 4.78 is 16.7. The van der Waals surface area contributed by atoms with Gasteiger partial charge in [-0.25, -0.2) is 9.59 Å². The van der Waals surface area contributed by atoms with Gasteiger partial charge in [0.05, 0.1) is 17.7 Å². The Morgan fingerprint density at radius 2 is 1.46 bits per heavy atom. The zero-order valence-corrected chi connectivity index (χ0v) is 15.5. The number of benzene rings is 2. The second-order valence-corrected chi connectivity index (χ2v) is 6.46. The number of hydrogen-bond donors (Lipinski definition) is 1. The Bertz CT molecular complexity index is 874. The van der Waals surface area contributed by atoms with Crippen LogP contribution < -0.4 is 0 Å². The zero-order valence-electron chi connectivity index (χ0n) is 14.6. The van der Waals surface area contributed by atoms with Crippen LogP contribution in [-0.4, -0.2) is 42.2 Å². The van der Waals surface area contributed by atoms with Crippen molar-refractivity contribution in [1.82, 2.24) is 0 Å². The Kier molecular flexibility index (Phi) is 6.54. The van der Waals surface area contributed by atoms with Crippen molar-refractivity contribution in [2.45, 2.75) is 23.7 Å². The molecule has 0 N–H and O–H groups in total. The monoisotopic (exact) mass is 399 g/mol. The quantitative estimate of drug-likeness (QED) is 0.263. The SMILES string of the molecule is [N-]=[N+]=NC[C@H]1O[C@@H](S)[C@@H](OC(=O)c2ccccc2)C1OC(=O)c1ccccc1. The number of esters is 2. The number of carbonyl (C=O) groups excluding carboxylic acids is 2. The van der Waals surface area contributed by atoms with Crippen molar-refractivity contribution < 1.29 is 23.8 Å². The van der Waals surface area contributed by atoms with Crippen molar-refractivity contribution in [3.8, 4) is 0 Å². The number of thiol groups is 1. The van der Waals surface area contributed by atoms with Crippen molar-refractivity contribution >= 4 is 24.6 Å². The van der Waals surface area contributed by atoms with Gasteiger partial charge in [0.1, 0.15) is 11.5 Å². The second kappa shape index (κ2) is 9.27. The van der Waals surface area contributed by atoms with Crippen LogP contribution in [0.15, 0.2) is 65.8 Å². The maximum Gasteiger partial charge on any atom is 0.338 e. The van der Waals surface area contributed by atoms with E-state index in [1.807, 2.05) is 0 Å². The molecule has 2 aromatic rings. The van der Waals surface area contributed by atoms with Gasteiger partial charge in [0.2, 0.25) is 0 Å². The summed E-state index contributed by atoms with van der Waals surface area (Å²) in [6, 6.07) is 16.8. The molecule has 0 saturated carbocycles. The minimum atomic E-state index is -0.978. The number of hydrogen-bond acceptors (Lipinski definition) is 7. The van der Waals surface area contributed by atoms with Crippen molar-refractivity contribution in [1.29, 1.82) is 0 Å². The molecule has 1 saturated heterocycles. The highest BCUT2D eigenvalue weighted by atomic mass is 32.1. The molecular weight excluding hydrogens is 382 g/mol. The molecule has 1 heterocycles. The molecule has 144 valence electrons. The summed E-state index contributed by atoms with van der Waals surface area (Å²) in [7, 11) is 0. The Labute approximate surface area is 166 Å². The van der Waals surface area contributed by atoms with Crippen LogP contribution in [0.3, 0.4) is 0 Å². The average Bonchev–Trinajstić information content (AvgIpc) is 3.02. The summed E-state index contributed by atoms with van der Waals surface area (Å²) in [5.74, 6) is -1.21. The Morgan fingerprint density at radius 3 is 1.96 bits per heavy atom. The van der Waals surface area contributed by atoms with Gasteiger partial charge < -0.3 is 14.2 Å². The smallest absolute Gasteiger partial charge is 0.338 e. The second-order valence-electron chi connectivity index (χ2n) is 5.95. The van der Waals surface area contributed by atoms with Gasteiger partial charge in [0, 0.05) is 4.91 Å². The first kappa shape index (κ1) is 19.8. The fourth-order valence-corrected chi connectivity index (χ4v) is 3.16. The van der Waals surface area contributed by atoms with Gasteiger partial charge in [-0.3, -0.25) is 0 Å². The molecular formula is C19H17N3O5S. The van der Waals surface area contributed by atoms with E-state index >= 15 is 0 Å². The topological polar surface area (TPSA) is 111 Å². The Morgan fingerprint density at radius 1 is 0.964 bits per heavy atom. The first-order valence-electron chi connectivity index (χ1n) is 8.46. The minimum absolute atomic E-state index is 0.0975. The van der Waals surface area contributed by atoms with E-state index in [2.05, 4.69) is 22.7 Å². The van der Waals surface area contributed by atoms with E-state index < -0.39 is 35.7 Å². The Balaban J connectivity index is 1.80. The number of ether oxygens (including phenoxy) is 3. The molecule has 0 radical (unpaired) electrons. The molecule has 1 aliphatic rings. The first-order chi connectivity index (χ1) is 13.6. The lowest BCUT2D eigenvalue weighted by atomic mass is 10.1. The summed E-state index contributed by atoms with van der Waals surface area (Å²) in [6.45, 7) is -0.0975. The van der Waals surface area contributed by atoms with E-state index in [9.17, 15) is 9.59 Å². The highest BCUT2D eigenvalue weighted by Gasteiger charge is 2.48. The molecule has 0 amide bonds. The number of carbonyl (C=O) groups is 2. The van der Waals surface area contributed by atoms with Gasteiger partial charge in [-0.1, -0.05) is 41.5 Å². The van der Waals surface area contributed by atoms with Crippen molar-refractivity contribution in [3.63, 3.8) is 0 Å². The van der Waals surface area contributed by atoms with Crippen LogP contribution in [0, 0.1) is 0 Å². The summed E-state index contributed by atoms with van der Waals surface area (Å²) in [5.41, 5.74) is 8.42. The van der Waals surface area contributed by atoms with E-state index in [0.29, 0.717) is 11.1 Å². The first-order valence-corrected chi connectivity index (χ1v) is 8.98. The average molecular weight is 399 g/mol. The van der Waals surface area contributed by atoms with Crippen LogP contribution in [-0.2, 0) is 14.2 Å². The lowest BCUT2D eigenvalue weighted by Gasteiger charge is -2.23. The predicted molar refractivity (Wildman–Crippen MR) is 103 cm³/mol. The van der Waals surface area contributed by atoms with E-state index in [-0.39, 0.29) is 6.54 Å². The lowest BCUT2D eigenvalue weighted by Crippen LogP contribution is -2.40. The highest BCUT2D eigenvalue weighted by Crippen LogP contribution is 2.30. The molecule has 8 nitrogen and oxygen atoms in total. The summed E-state index contributed by atoms with van der Waals surface area (Å²) in [5, 5.41) is 3.48. The molecule has 0 bridgehead atoms. The third-order valence-corrected chi connectivity index (χ3v) is 4.53. The fourth-order valence-electron chi connectivity index (χ4n) is 2.77. The molecule has 3 rings (SSSR count). The normalized spacial score (nSPS) is 23.5. The summed E-state index contributed by atoms with van der Waals surface area (Å²) in [4.78, 5) is 27.6. The molecule has 1 fully saturated rings. The predicted octanol–water partition coefficient (Wildman–Crippen LogP) is 3.40. The molecule has 1 aliphatic heterocycles. The van der Waals surface area contributed by atoms with E-state index in [4.69, 9.17) is 19.7 Å². The van der Waals surface area contributed by atoms with Crippen LogP contribution in [0.4, 0.5) is 0 Å². The van der Waals surface area contributed by atoms with Gasteiger partial charge in [-0.05, 0) is 29.8 Å². The van der Waals surface area contributed by atoms with E-state index in [1.54, 1.807) is 60.7 Å². The fraction of sp³-hybridized carbons (Fsp3) is 0.263. The van der Waals surface area contributed by atoms with Gasteiger partial charge in [0.15, 0.2) is 12.2 Å². The largest absolute Gasteiger partial charge is 0.452 e. The molecule has 9 heteroatoms. The minimum Gasteiger partial charge on any atom is -0.452 e. The molecule has 0 aromatic heterocycles. The van der Waals surface area contributed by atoms with Gasteiger partial charge >= 0.3 is 11.9 Å². The van der Waals surface area contributed by atoms with Gasteiger partial charge in [-0.2, -0.15) is 0 Å². The molecule has 4 atom stereocenters.